The van der Waals surface area contributed by atoms with Crippen molar-refractivity contribution in [2.45, 2.75) is 25.9 Å². The fraction of sp³-hybridized carbons (Fsp3) is 0.412. The topological polar surface area (TPSA) is 71.2 Å². The zero-order valence-corrected chi connectivity index (χ0v) is 14.5. The monoisotopic (exact) mass is 332 g/mol. The van der Waals surface area contributed by atoms with E-state index < -0.39 is 0 Å². The summed E-state index contributed by atoms with van der Waals surface area (Å²) in [5, 5.41) is 5.65. The average Bonchev–Trinajstić information content (AvgIpc) is 3.02. The van der Waals surface area contributed by atoms with E-state index in [1.807, 2.05) is 18.2 Å². The molecule has 23 heavy (non-hydrogen) atoms. The smallest absolute Gasteiger partial charge is 0.270 e. The van der Waals surface area contributed by atoms with Gasteiger partial charge in [-0.05, 0) is 26.1 Å². The minimum Gasteiger partial charge on any atom is -0.349 e. The Balaban J connectivity index is 1.80. The van der Waals surface area contributed by atoms with Crippen molar-refractivity contribution in [3.8, 4) is 0 Å². The molecule has 0 radical (unpaired) electrons. The number of hydrogen-bond acceptors (Lipinski definition) is 5. The number of benzene rings is 1. The largest absolute Gasteiger partial charge is 0.349 e. The number of hydrogen-bond donors (Lipinski definition) is 2. The molecule has 1 heterocycles. The number of aromatic nitrogens is 1. The van der Waals surface area contributed by atoms with Crippen molar-refractivity contribution in [3.63, 3.8) is 0 Å². The molecule has 1 amide bonds. The van der Waals surface area contributed by atoms with Gasteiger partial charge in [-0.15, -0.1) is 11.3 Å². The lowest BCUT2D eigenvalue weighted by Gasteiger charge is -2.24. The standard InChI is InChI=1S/C17H24N4OS/c1-13(21(2)11-14-6-4-3-5-7-14)10-19-17(22)15-12-23-16(20-15)8-9-18/h3-7,12-13H,8-11,18H2,1-2H3,(H,19,22). The molecule has 0 fully saturated rings. The summed E-state index contributed by atoms with van der Waals surface area (Å²) in [6, 6.07) is 10.5. The van der Waals surface area contributed by atoms with E-state index in [-0.39, 0.29) is 11.9 Å². The van der Waals surface area contributed by atoms with Gasteiger partial charge in [0.25, 0.3) is 5.91 Å². The van der Waals surface area contributed by atoms with E-state index in [0.29, 0.717) is 25.2 Å². The van der Waals surface area contributed by atoms with E-state index in [1.165, 1.54) is 16.9 Å². The van der Waals surface area contributed by atoms with Crippen molar-refractivity contribution in [2.24, 2.45) is 5.73 Å². The molecule has 0 saturated heterocycles. The molecule has 0 aliphatic heterocycles. The van der Waals surface area contributed by atoms with Crippen LogP contribution in [0.3, 0.4) is 0 Å². The molecule has 0 aliphatic rings. The number of carbonyl (C=O) groups excluding carboxylic acids is 1. The summed E-state index contributed by atoms with van der Waals surface area (Å²) in [6.45, 7) is 4.10. The summed E-state index contributed by atoms with van der Waals surface area (Å²) in [5.74, 6) is -0.121. The van der Waals surface area contributed by atoms with Crippen LogP contribution in [0.5, 0.6) is 0 Å². The second-order valence-electron chi connectivity index (χ2n) is 5.62. The first-order valence-electron chi connectivity index (χ1n) is 7.77. The summed E-state index contributed by atoms with van der Waals surface area (Å²) in [6.07, 6.45) is 0.716. The van der Waals surface area contributed by atoms with Crippen LogP contribution in [0.2, 0.25) is 0 Å². The quantitative estimate of drug-likeness (QED) is 0.774. The lowest BCUT2D eigenvalue weighted by molar-refractivity contribution is 0.0935. The highest BCUT2D eigenvalue weighted by atomic mass is 32.1. The zero-order valence-electron chi connectivity index (χ0n) is 13.7. The SMILES string of the molecule is CC(CNC(=O)c1csc(CCN)n1)N(C)Cc1ccccc1. The average molecular weight is 332 g/mol. The number of rotatable bonds is 8. The third-order valence-electron chi connectivity index (χ3n) is 3.73. The van der Waals surface area contributed by atoms with E-state index >= 15 is 0 Å². The second-order valence-corrected chi connectivity index (χ2v) is 6.57. The molecule has 0 bridgehead atoms. The van der Waals surface area contributed by atoms with Crippen molar-refractivity contribution in [2.75, 3.05) is 20.1 Å². The van der Waals surface area contributed by atoms with Crippen LogP contribution in [0.4, 0.5) is 0 Å². The lowest BCUT2D eigenvalue weighted by Crippen LogP contribution is -2.39. The van der Waals surface area contributed by atoms with Crippen LogP contribution in [-0.2, 0) is 13.0 Å². The van der Waals surface area contributed by atoms with Crippen molar-refractivity contribution in [3.05, 3.63) is 52.0 Å². The highest BCUT2D eigenvalue weighted by Gasteiger charge is 2.14. The number of amides is 1. The van der Waals surface area contributed by atoms with Crippen LogP contribution in [0.15, 0.2) is 35.7 Å². The van der Waals surface area contributed by atoms with Crippen molar-refractivity contribution < 1.29 is 4.79 Å². The van der Waals surface area contributed by atoms with Crippen LogP contribution in [-0.4, -0.2) is 42.0 Å². The summed E-state index contributed by atoms with van der Waals surface area (Å²) in [7, 11) is 2.06. The van der Waals surface area contributed by atoms with Crippen LogP contribution >= 0.6 is 11.3 Å². The van der Waals surface area contributed by atoms with Gasteiger partial charge in [-0.25, -0.2) is 4.98 Å². The minimum atomic E-state index is -0.121. The Bertz CT molecular complexity index is 614. The number of likely N-dealkylation sites (N-methyl/N-ethyl adjacent to an activating group) is 1. The van der Waals surface area contributed by atoms with Crippen molar-refractivity contribution in [1.82, 2.24) is 15.2 Å². The van der Waals surface area contributed by atoms with Crippen molar-refractivity contribution in [1.29, 1.82) is 0 Å². The van der Waals surface area contributed by atoms with Gasteiger partial charge in [0, 0.05) is 30.9 Å². The van der Waals surface area contributed by atoms with Gasteiger partial charge in [-0.2, -0.15) is 0 Å². The molecule has 5 nitrogen and oxygen atoms in total. The Kier molecular flexibility index (Phi) is 6.70. The van der Waals surface area contributed by atoms with Crippen molar-refractivity contribution >= 4 is 17.2 Å². The van der Waals surface area contributed by atoms with Gasteiger partial charge in [-0.3, -0.25) is 9.69 Å². The molecule has 1 aromatic carbocycles. The number of carbonyl (C=O) groups is 1. The van der Waals surface area contributed by atoms with Crippen LogP contribution in [0, 0.1) is 0 Å². The maximum absolute atomic E-state index is 12.1. The Morgan fingerprint density at radius 3 is 2.83 bits per heavy atom. The minimum absolute atomic E-state index is 0.121. The highest BCUT2D eigenvalue weighted by Crippen LogP contribution is 2.10. The molecule has 2 aromatic rings. The molecule has 0 saturated carbocycles. The van der Waals surface area contributed by atoms with E-state index in [9.17, 15) is 4.79 Å². The summed E-state index contributed by atoms with van der Waals surface area (Å²) in [5.41, 5.74) is 7.25. The van der Waals surface area contributed by atoms with E-state index in [4.69, 9.17) is 5.73 Å². The lowest BCUT2D eigenvalue weighted by atomic mass is 10.2. The van der Waals surface area contributed by atoms with E-state index in [1.54, 1.807) is 5.38 Å². The molecular weight excluding hydrogens is 308 g/mol. The van der Waals surface area contributed by atoms with Gasteiger partial charge < -0.3 is 11.1 Å². The summed E-state index contributed by atoms with van der Waals surface area (Å²) >= 11 is 1.48. The molecule has 1 unspecified atom stereocenters. The first-order chi connectivity index (χ1) is 11.1. The number of thiazole rings is 1. The first kappa shape index (κ1) is 17.6. The van der Waals surface area contributed by atoms with Gasteiger partial charge in [0.1, 0.15) is 5.69 Å². The van der Waals surface area contributed by atoms with Gasteiger partial charge in [0.05, 0.1) is 5.01 Å². The summed E-state index contributed by atoms with van der Waals surface area (Å²) < 4.78 is 0. The predicted octanol–water partition coefficient (Wildman–Crippen LogP) is 1.89. The zero-order chi connectivity index (χ0) is 16.7. The molecule has 1 atom stereocenters. The third-order valence-corrected chi connectivity index (χ3v) is 4.64. The Morgan fingerprint density at radius 2 is 2.13 bits per heavy atom. The van der Waals surface area contributed by atoms with Crippen LogP contribution in [0.1, 0.15) is 28.0 Å². The Morgan fingerprint density at radius 1 is 1.39 bits per heavy atom. The van der Waals surface area contributed by atoms with Crippen LogP contribution in [0.25, 0.3) is 0 Å². The maximum atomic E-state index is 12.1. The normalized spacial score (nSPS) is 12.3. The molecular formula is C17H24N4OS. The Labute approximate surface area is 141 Å². The molecule has 3 N–H and O–H groups in total. The second kappa shape index (κ2) is 8.76. The van der Waals surface area contributed by atoms with Crippen LogP contribution < -0.4 is 11.1 Å². The van der Waals surface area contributed by atoms with E-state index in [0.717, 1.165) is 11.6 Å². The van der Waals surface area contributed by atoms with Gasteiger partial charge in [0.2, 0.25) is 0 Å². The van der Waals surface area contributed by atoms with Gasteiger partial charge in [0.15, 0.2) is 0 Å². The fourth-order valence-electron chi connectivity index (χ4n) is 2.17. The fourth-order valence-corrected chi connectivity index (χ4v) is 2.96. The molecule has 6 heteroatoms. The summed E-state index contributed by atoms with van der Waals surface area (Å²) in [4.78, 5) is 18.7. The molecule has 0 spiro atoms. The third kappa shape index (κ3) is 5.42. The number of nitrogens with one attached hydrogen (secondary N) is 1. The predicted molar refractivity (Wildman–Crippen MR) is 94.6 cm³/mol. The molecule has 0 aliphatic carbocycles. The molecule has 124 valence electrons. The molecule has 2 rings (SSSR count). The highest BCUT2D eigenvalue weighted by molar-refractivity contribution is 7.09. The maximum Gasteiger partial charge on any atom is 0.270 e. The number of nitrogens with zero attached hydrogens (tertiary/aromatic N) is 2. The molecule has 1 aromatic heterocycles. The Hall–Kier alpha value is -1.76. The van der Waals surface area contributed by atoms with Gasteiger partial charge in [-0.1, -0.05) is 30.3 Å². The van der Waals surface area contributed by atoms with Gasteiger partial charge >= 0.3 is 0 Å². The first-order valence-corrected chi connectivity index (χ1v) is 8.65. The van der Waals surface area contributed by atoms with E-state index in [2.05, 4.69) is 41.3 Å². The number of nitrogens with two attached hydrogens (primary N) is 1.